The molecule has 0 aliphatic carbocycles. The first-order valence-corrected chi connectivity index (χ1v) is 7.28. The summed E-state index contributed by atoms with van der Waals surface area (Å²) in [5, 5.41) is 9.56. The summed E-state index contributed by atoms with van der Waals surface area (Å²) in [4.78, 5) is 0. The minimum absolute atomic E-state index is 0.0812. The van der Waals surface area contributed by atoms with Gasteiger partial charge in [0.1, 0.15) is 0 Å². The van der Waals surface area contributed by atoms with Gasteiger partial charge < -0.3 is 5.11 Å². The fraction of sp³-hybridized carbons (Fsp3) is 0.571. The summed E-state index contributed by atoms with van der Waals surface area (Å²) in [5.41, 5.74) is 1.39. The number of hydrogen-bond acceptors (Lipinski definition) is 2. The first-order chi connectivity index (χ1) is 7.83. The zero-order chi connectivity index (χ0) is 11.6. The Hall–Kier alpha value is -0.470. The third-order valence-corrected chi connectivity index (χ3v) is 3.67. The molecule has 0 unspecified atom stereocenters. The first kappa shape index (κ1) is 13.6. The van der Waals surface area contributed by atoms with E-state index in [1.165, 1.54) is 5.56 Å². The second-order valence-corrected chi connectivity index (χ2v) is 5.23. The van der Waals surface area contributed by atoms with Gasteiger partial charge in [-0.25, -0.2) is 0 Å². The van der Waals surface area contributed by atoms with Crippen molar-refractivity contribution in [2.75, 3.05) is 5.75 Å². The van der Waals surface area contributed by atoms with Crippen LogP contribution >= 0.6 is 11.8 Å². The van der Waals surface area contributed by atoms with Crippen LogP contribution in [0.15, 0.2) is 30.3 Å². The van der Waals surface area contributed by atoms with Gasteiger partial charge in [-0.15, -0.1) is 0 Å². The first-order valence-electron chi connectivity index (χ1n) is 6.12. The summed E-state index contributed by atoms with van der Waals surface area (Å²) in [6.45, 7) is 2.12. The predicted molar refractivity (Wildman–Crippen MR) is 72.8 cm³/mol. The Bertz CT molecular complexity index is 261. The van der Waals surface area contributed by atoms with E-state index in [4.69, 9.17) is 0 Å². The molecular formula is C14H22OS. The second kappa shape index (κ2) is 8.66. The van der Waals surface area contributed by atoms with Crippen LogP contribution in [0.5, 0.6) is 0 Å². The third kappa shape index (κ3) is 6.19. The van der Waals surface area contributed by atoms with Crippen molar-refractivity contribution in [3.8, 4) is 0 Å². The van der Waals surface area contributed by atoms with Crippen molar-refractivity contribution in [2.45, 2.75) is 44.5 Å². The minimum atomic E-state index is -0.0812. The Kier molecular flexibility index (Phi) is 7.35. The number of aliphatic hydroxyl groups excluding tert-OH is 1. The molecule has 1 N–H and O–H groups in total. The summed E-state index contributed by atoms with van der Waals surface area (Å²) in [6.07, 6.45) is 4.03. The van der Waals surface area contributed by atoms with Gasteiger partial charge in [0.15, 0.2) is 0 Å². The van der Waals surface area contributed by atoms with Gasteiger partial charge in [-0.1, -0.05) is 43.7 Å². The molecule has 0 aliphatic heterocycles. The van der Waals surface area contributed by atoms with Crippen LogP contribution in [0, 0.1) is 0 Å². The van der Waals surface area contributed by atoms with Crippen LogP contribution in [0.25, 0.3) is 0 Å². The van der Waals surface area contributed by atoms with Crippen LogP contribution < -0.4 is 0 Å². The molecule has 2 heteroatoms. The van der Waals surface area contributed by atoms with E-state index in [0.717, 1.165) is 37.2 Å². The normalized spacial score (nSPS) is 12.6. The molecule has 90 valence electrons. The molecule has 0 bridgehead atoms. The highest BCUT2D eigenvalue weighted by atomic mass is 32.2. The van der Waals surface area contributed by atoms with Crippen LogP contribution in [-0.4, -0.2) is 17.0 Å². The highest BCUT2D eigenvalue weighted by molar-refractivity contribution is 7.98. The van der Waals surface area contributed by atoms with Gasteiger partial charge in [0.25, 0.3) is 0 Å². The number of benzene rings is 1. The average Bonchev–Trinajstić information content (AvgIpc) is 2.30. The molecular weight excluding hydrogens is 216 g/mol. The molecule has 1 nitrogen and oxygen atoms in total. The zero-order valence-corrected chi connectivity index (χ0v) is 10.9. The van der Waals surface area contributed by atoms with E-state index >= 15 is 0 Å². The fourth-order valence-electron chi connectivity index (χ4n) is 1.66. The lowest BCUT2D eigenvalue weighted by Gasteiger charge is -2.08. The van der Waals surface area contributed by atoms with E-state index < -0.39 is 0 Å². The Labute approximate surface area is 103 Å². The van der Waals surface area contributed by atoms with Crippen molar-refractivity contribution in [2.24, 2.45) is 0 Å². The Morgan fingerprint density at radius 2 is 1.94 bits per heavy atom. The van der Waals surface area contributed by atoms with Gasteiger partial charge in [0.2, 0.25) is 0 Å². The van der Waals surface area contributed by atoms with E-state index in [2.05, 4.69) is 37.3 Å². The molecule has 0 amide bonds. The van der Waals surface area contributed by atoms with Crippen LogP contribution in [0.2, 0.25) is 0 Å². The number of aliphatic hydroxyl groups is 1. The average molecular weight is 238 g/mol. The molecule has 0 saturated carbocycles. The lowest BCUT2D eigenvalue weighted by atomic mass is 10.1. The summed E-state index contributed by atoms with van der Waals surface area (Å²) in [6, 6.07) is 10.6. The van der Waals surface area contributed by atoms with Gasteiger partial charge in [-0.05, 0) is 30.6 Å². The van der Waals surface area contributed by atoms with Crippen molar-refractivity contribution in [1.29, 1.82) is 0 Å². The molecule has 0 aromatic heterocycles. The summed E-state index contributed by atoms with van der Waals surface area (Å²) >= 11 is 1.96. The molecule has 1 atom stereocenters. The predicted octanol–water partition coefficient (Wildman–Crippen LogP) is 3.86. The van der Waals surface area contributed by atoms with E-state index in [1.807, 2.05) is 11.8 Å². The molecule has 1 aromatic carbocycles. The standard InChI is InChI=1S/C14H22OS/c1-2-7-14(15)10-6-11-16-12-13-8-4-3-5-9-13/h3-5,8-9,14-15H,2,6-7,10-12H2,1H3/t14-/m0/s1. The van der Waals surface area contributed by atoms with Gasteiger partial charge >= 0.3 is 0 Å². The molecule has 0 fully saturated rings. The molecule has 1 aromatic rings. The minimum Gasteiger partial charge on any atom is -0.393 e. The maximum absolute atomic E-state index is 9.56. The highest BCUT2D eigenvalue weighted by Gasteiger charge is 2.01. The number of hydrogen-bond donors (Lipinski definition) is 1. The summed E-state index contributed by atoms with van der Waals surface area (Å²) in [5.74, 6) is 2.24. The highest BCUT2D eigenvalue weighted by Crippen LogP contribution is 2.14. The smallest absolute Gasteiger partial charge is 0.0540 e. The van der Waals surface area contributed by atoms with E-state index in [9.17, 15) is 5.11 Å². The van der Waals surface area contributed by atoms with Crippen molar-refractivity contribution >= 4 is 11.8 Å². The molecule has 1 rings (SSSR count). The third-order valence-electron chi connectivity index (χ3n) is 2.56. The molecule has 0 saturated heterocycles. The van der Waals surface area contributed by atoms with Crippen LogP contribution in [-0.2, 0) is 5.75 Å². The van der Waals surface area contributed by atoms with E-state index in [1.54, 1.807) is 0 Å². The molecule has 16 heavy (non-hydrogen) atoms. The lowest BCUT2D eigenvalue weighted by Crippen LogP contribution is -2.05. The molecule has 0 radical (unpaired) electrons. The number of thioether (sulfide) groups is 1. The van der Waals surface area contributed by atoms with Crippen LogP contribution in [0.1, 0.15) is 38.2 Å². The van der Waals surface area contributed by atoms with Gasteiger partial charge in [0.05, 0.1) is 6.10 Å². The van der Waals surface area contributed by atoms with Crippen molar-refractivity contribution in [1.82, 2.24) is 0 Å². The maximum Gasteiger partial charge on any atom is 0.0540 e. The van der Waals surface area contributed by atoms with E-state index in [-0.39, 0.29) is 6.10 Å². The molecule has 0 spiro atoms. The SMILES string of the molecule is CCC[C@H](O)CCCSCc1ccccc1. The maximum atomic E-state index is 9.56. The van der Waals surface area contributed by atoms with Gasteiger partial charge in [-0.3, -0.25) is 0 Å². The Morgan fingerprint density at radius 1 is 1.19 bits per heavy atom. The van der Waals surface area contributed by atoms with Crippen molar-refractivity contribution in [3.05, 3.63) is 35.9 Å². The number of rotatable bonds is 8. The molecule has 0 aliphatic rings. The second-order valence-electron chi connectivity index (χ2n) is 4.12. The van der Waals surface area contributed by atoms with Gasteiger partial charge in [0, 0.05) is 5.75 Å². The topological polar surface area (TPSA) is 20.2 Å². The lowest BCUT2D eigenvalue weighted by molar-refractivity contribution is 0.153. The quantitative estimate of drug-likeness (QED) is 0.694. The van der Waals surface area contributed by atoms with E-state index in [0.29, 0.717) is 0 Å². The van der Waals surface area contributed by atoms with Gasteiger partial charge in [-0.2, -0.15) is 11.8 Å². The Balaban J connectivity index is 2.00. The fourth-order valence-corrected chi connectivity index (χ4v) is 2.61. The monoisotopic (exact) mass is 238 g/mol. The largest absolute Gasteiger partial charge is 0.393 e. The van der Waals surface area contributed by atoms with Crippen LogP contribution in [0.4, 0.5) is 0 Å². The van der Waals surface area contributed by atoms with Crippen molar-refractivity contribution in [3.63, 3.8) is 0 Å². The summed E-state index contributed by atoms with van der Waals surface area (Å²) < 4.78 is 0. The van der Waals surface area contributed by atoms with Crippen molar-refractivity contribution < 1.29 is 5.11 Å². The molecule has 0 heterocycles. The van der Waals surface area contributed by atoms with Crippen LogP contribution in [0.3, 0.4) is 0 Å². The zero-order valence-electron chi connectivity index (χ0n) is 10.1. The Morgan fingerprint density at radius 3 is 2.62 bits per heavy atom. The summed E-state index contributed by atoms with van der Waals surface area (Å²) in [7, 11) is 0.